The van der Waals surface area contributed by atoms with Gasteiger partial charge in [0.15, 0.2) is 12.4 Å². The average Bonchev–Trinajstić information content (AvgIpc) is 2.73. The maximum atomic E-state index is 10.7. The Balaban J connectivity index is 2.46. The molecule has 3 rings (SSSR count). The number of rotatable bonds is 1. The summed E-state index contributed by atoms with van der Waals surface area (Å²) in [5.41, 5.74) is 0.998. The van der Waals surface area contributed by atoms with E-state index in [0.29, 0.717) is 0 Å². The molecule has 3 heterocycles. The van der Waals surface area contributed by atoms with E-state index in [4.69, 9.17) is 0 Å². The van der Waals surface area contributed by atoms with Crippen LogP contribution in [0.1, 0.15) is 0 Å². The molecule has 0 radical (unpaired) electrons. The largest absolute Gasteiger partial charge is 0.325 e. The second-order valence-electron chi connectivity index (χ2n) is 3.44. The fraction of sp³-hybridized carbons (Fsp3) is 0. The van der Waals surface area contributed by atoms with E-state index >= 15 is 0 Å². The molecule has 0 bridgehead atoms. The molecular weight excluding hydrogens is 224 g/mol. The standard InChI is InChI=1S/C11H7N2O2S/c14-13(15)10-7-8-4-6-12-5-2-1-3-9(12)11(8)16-10/h1-7H/q+1. The molecule has 0 aliphatic rings. The first-order valence-corrected chi connectivity index (χ1v) is 5.54. The van der Waals surface area contributed by atoms with Crippen LogP contribution < -0.4 is 4.40 Å². The van der Waals surface area contributed by atoms with E-state index in [1.54, 1.807) is 6.07 Å². The van der Waals surface area contributed by atoms with E-state index in [1.807, 2.05) is 41.1 Å². The Morgan fingerprint density at radius 2 is 2.12 bits per heavy atom. The van der Waals surface area contributed by atoms with Crippen LogP contribution in [0.4, 0.5) is 5.00 Å². The zero-order chi connectivity index (χ0) is 11.1. The summed E-state index contributed by atoms with van der Waals surface area (Å²) >= 11 is 1.21. The third kappa shape index (κ3) is 1.25. The first-order valence-electron chi connectivity index (χ1n) is 4.73. The highest BCUT2D eigenvalue weighted by Gasteiger charge is 2.16. The van der Waals surface area contributed by atoms with Gasteiger partial charge in [0, 0.05) is 29.7 Å². The van der Waals surface area contributed by atoms with E-state index in [-0.39, 0.29) is 9.92 Å². The Morgan fingerprint density at radius 1 is 1.25 bits per heavy atom. The van der Waals surface area contributed by atoms with Crippen LogP contribution >= 0.6 is 11.3 Å². The smallest absolute Gasteiger partial charge is 0.258 e. The third-order valence-corrected chi connectivity index (χ3v) is 3.59. The summed E-state index contributed by atoms with van der Waals surface area (Å²) in [6, 6.07) is 9.34. The molecule has 78 valence electrons. The van der Waals surface area contributed by atoms with Crippen LogP contribution in [0, 0.1) is 10.1 Å². The summed E-state index contributed by atoms with van der Waals surface area (Å²) < 4.78 is 2.91. The van der Waals surface area contributed by atoms with Gasteiger partial charge in [-0.15, -0.1) is 0 Å². The molecule has 0 aromatic carbocycles. The molecule has 0 atom stereocenters. The van der Waals surface area contributed by atoms with Crippen LogP contribution in [-0.2, 0) is 0 Å². The predicted molar refractivity (Wildman–Crippen MR) is 61.6 cm³/mol. The number of hydrogen-bond acceptors (Lipinski definition) is 3. The van der Waals surface area contributed by atoms with Crippen molar-refractivity contribution in [2.24, 2.45) is 0 Å². The van der Waals surface area contributed by atoms with Gasteiger partial charge in [-0.25, -0.2) is 0 Å². The van der Waals surface area contributed by atoms with Crippen molar-refractivity contribution in [3.63, 3.8) is 0 Å². The van der Waals surface area contributed by atoms with Crippen molar-refractivity contribution < 1.29 is 9.32 Å². The number of nitro groups is 1. The van der Waals surface area contributed by atoms with Gasteiger partial charge in [0.2, 0.25) is 5.52 Å². The number of aromatic nitrogens is 1. The summed E-state index contributed by atoms with van der Waals surface area (Å²) in [6.07, 6.45) is 3.84. The van der Waals surface area contributed by atoms with Crippen LogP contribution in [0.15, 0.2) is 42.7 Å². The Kier molecular flexibility index (Phi) is 1.87. The zero-order valence-electron chi connectivity index (χ0n) is 8.16. The number of pyridine rings is 2. The van der Waals surface area contributed by atoms with Gasteiger partial charge >= 0.3 is 5.00 Å². The summed E-state index contributed by atoms with van der Waals surface area (Å²) in [5, 5.41) is 11.8. The Hall–Kier alpha value is -2.01. The maximum absolute atomic E-state index is 10.7. The highest BCUT2D eigenvalue weighted by Crippen LogP contribution is 2.32. The van der Waals surface area contributed by atoms with Gasteiger partial charge in [-0.05, 0) is 6.07 Å². The minimum absolute atomic E-state index is 0.187. The van der Waals surface area contributed by atoms with Crippen LogP contribution in [-0.4, -0.2) is 4.92 Å². The molecule has 4 nitrogen and oxygen atoms in total. The molecule has 0 unspecified atom stereocenters. The second-order valence-corrected chi connectivity index (χ2v) is 4.47. The monoisotopic (exact) mass is 231 g/mol. The molecule has 3 aromatic heterocycles. The van der Waals surface area contributed by atoms with Crippen LogP contribution in [0.5, 0.6) is 0 Å². The van der Waals surface area contributed by atoms with Crippen LogP contribution in [0.2, 0.25) is 0 Å². The number of thiophene rings is 1. The van der Waals surface area contributed by atoms with Gasteiger partial charge in [0.1, 0.15) is 4.70 Å². The van der Waals surface area contributed by atoms with Gasteiger partial charge < -0.3 is 0 Å². The molecule has 5 heteroatoms. The van der Waals surface area contributed by atoms with Gasteiger partial charge in [-0.2, -0.15) is 4.40 Å². The van der Waals surface area contributed by atoms with Gasteiger partial charge in [-0.1, -0.05) is 11.3 Å². The minimum atomic E-state index is -0.343. The molecule has 0 fully saturated rings. The molecule has 0 aliphatic carbocycles. The lowest BCUT2D eigenvalue weighted by Gasteiger charge is -1.90. The van der Waals surface area contributed by atoms with Crippen molar-refractivity contribution in [2.45, 2.75) is 0 Å². The number of fused-ring (bicyclic) bond motifs is 3. The van der Waals surface area contributed by atoms with E-state index in [2.05, 4.69) is 0 Å². The third-order valence-electron chi connectivity index (χ3n) is 2.47. The first kappa shape index (κ1) is 9.23. The lowest BCUT2D eigenvalue weighted by Crippen LogP contribution is -2.19. The summed E-state index contributed by atoms with van der Waals surface area (Å²) in [4.78, 5) is 10.4. The van der Waals surface area contributed by atoms with Crippen LogP contribution in [0.3, 0.4) is 0 Å². The molecule has 0 aliphatic heterocycles. The van der Waals surface area contributed by atoms with Crippen molar-refractivity contribution in [2.75, 3.05) is 0 Å². The highest BCUT2D eigenvalue weighted by molar-refractivity contribution is 7.22. The fourth-order valence-corrected chi connectivity index (χ4v) is 2.74. The van der Waals surface area contributed by atoms with E-state index in [0.717, 1.165) is 15.6 Å². The Morgan fingerprint density at radius 3 is 2.94 bits per heavy atom. The zero-order valence-corrected chi connectivity index (χ0v) is 8.98. The molecule has 0 spiro atoms. The minimum Gasteiger partial charge on any atom is -0.258 e. The Labute approximate surface area is 94.5 Å². The van der Waals surface area contributed by atoms with Crippen molar-refractivity contribution in [3.8, 4) is 0 Å². The normalized spacial score (nSPS) is 11.0. The topological polar surface area (TPSA) is 47.2 Å². The lowest BCUT2D eigenvalue weighted by molar-refractivity contribution is -0.510. The number of hydrogen-bond donors (Lipinski definition) is 0. The highest BCUT2D eigenvalue weighted by atomic mass is 32.1. The quantitative estimate of drug-likeness (QED) is 0.367. The number of nitrogens with zero attached hydrogens (tertiary/aromatic N) is 2. The molecule has 0 saturated heterocycles. The average molecular weight is 231 g/mol. The van der Waals surface area contributed by atoms with Crippen molar-refractivity contribution in [1.29, 1.82) is 0 Å². The molecule has 3 aromatic rings. The van der Waals surface area contributed by atoms with Crippen LogP contribution in [0.25, 0.3) is 15.6 Å². The van der Waals surface area contributed by atoms with Gasteiger partial charge in [-0.3, -0.25) is 10.1 Å². The molecular formula is C11H7N2O2S+. The summed E-state index contributed by atoms with van der Waals surface area (Å²) in [6.45, 7) is 0. The summed E-state index contributed by atoms with van der Waals surface area (Å²) in [7, 11) is 0. The Bertz CT molecular complexity index is 705. The van der Waals surface area contributed by atoms with Crippen molar-refractivity contribution in [3.05, 3.63) is 52.8 Å². The molecule has 16 heavy (non-hydrogen) atoms. The van der Waals surface area contributed by atoms with Gasteiger partial charge in [0.05, 0.1) is 4.92 Å². The predicted octanol–water partition coefficient (Wildman–Crippen LogP) is 2.55. The van der Waals surface area contributed by atoms with Crippen molar-refractivity contribution in [1.82, 2.24) is 0 Å². The summed E-state index contributed by atoms with van der Waals surface area (Å²) in [5.74, 6) is 0. The van der Waals surface area contributed by atoms with E-state index in [1.165, 1.54) is 11.3 Å². The molecule has 0 N–H and O–H groups in total. The lowest BCUT2D eigenvalue weighted by atomic mass is 10.2. The van der Waals surface area contributed by atoms with E-state index < -0.39 is 0 Å². The first-order chi connectivity index (χ1) is 7.75. The van der Waals surface area contributed by atoms with Crippen molar-refractivity contribution >= 4 is 31.9 Å². The molecule has 0 amide bonds. The molecule has 0 saturated carbocycles. The van der Waals surface area contributed by atoms with Gasteiger partial charge in [0.25, 0.3) is 0 Å². The SMILES string of the molecule is O=[N+]([O-])c1cc2cc[n+]3ccccc3c2s1. The van der Waals surface area contributed by atoms with E-state index in [9.17, 15) is 10.1 Å². The fourth-order valence-electron chi connectivity index (χ4n) is 1.74. The maximum Gasteiger partial charge on any atom is 0.325 e. The second kappa shape index (κ2) is 3.24.